The Morgan fingerprint density at radius 3 is 2.17 bits per heavy atom. The Bertz CT molecular complexity index is 879. The number of carboxylic acid groups (broad SMARTS) is 1. The summed E-state index contributed by atoms with van der Waals surface area (Å²) in [6.07, 6.45) is 2.62. The van der Waals surface area contributed by atoms with Crippen LogP contribution >= 0.6 is 0 Å². The molecule has 29 heavy (non-hydrogen) atoms. The summed E-state index contributed by atoms with van der Waals surface area (Å²) in [7, 11) is 5.69. The number of anilines is 2. The summed E-state index contributed by atoms with van der Waals surface area (Å²) < 4.78 is 0. The molecular weight excluding hydrogens is 366 g/mol. The zero-order chi connectivity index (χ0) is 21.0. The molecule has 2 aromatic rings. The van der Waals surface area contributed by atoms with Gasteiger partial charge in [0.25, 0.3) is 0 Å². The average Bonchev–Trinajstić information content (AvgIpc) is 2.92. The summed E-state index contributed by atoms with van der Waals surface area (Å²) in [6.45, 7) is 2.09. The van der Waals surface area contributed by atoms with Gasteiger partial charge in [-0.15, -0.1) is 0 Å². The number of likely N-dealkylation sites (N-methyl/N-ethyl adjacent to an activating group) is 1. The number of aliphatic carboxylic acids is 1. The number of carbonyl (C=O) groups is 2. The number of nitrogens with zero attached hydrogens (tertiary/aromatic N) is 3. The van der Waals surface area contributed by atoms with Crippen LogP contribution in [0, 0.1) is 0 Å². The quantitative estimate of drug-likeness (QED) is 0.843. The molecule has 0 saturated heterocycles. The number of benzene rings is 2. The van der Waals surface area contributed by atoms with Crippen molar-refractivity contribution in [1.82, 2.24) is 4.90 Å². The fraction of sp³-hybridized carbons (Fsp3) is 0.391. The predicted molar refractivity (Wildman–Crippen MR) is 116 cm³/mol. The third-order valence-electron chi connectivity index (χ3n) is 5.63. The van der Waals surface area contributed by atoms with Gasteiger partial charge in [0.2, 0.25) is 0 Å². The van der Waals surface area contributed by atoms with E-state index in [0.29, 0.717) is 6.42 Å². The summed E-state index contributed by atoms with van der Waals surface area (Å²) in [4.78, 5) is 29.3. The van der Waals surface area contributed by atoms with Gasteiger partial charge in [0.15, 0.2) is 0 Å². The van der Waals surface area contributed by atoms with Crippen molar-refractivity contribution in [2.75, 3.05) is 44.0 Å². The Labute approximate surface area is 172 Å². The molecule has 0 radical (unpaired) electrons. The van der Waals surface area contributed by atoms with Crippen LogP contribution in [0.3, 0.4) is 0 Å². The fourth-order valence-electron chi connectivity index (χ4n) is 3.62. The second-order valence-corrected chi connectivity index (χ2v) is 7.72. The van der Waals surface area contributed by atoms with Crippen LogP contribution in [-0.2, 0) is 24.1 Å². The van der Waals surface area contributed by atoms with Gasteiger partial charge >= 0.3 is 12.0 Å². The van der Waals surface area contributed by atoms with Crippen molar-refractivity contribution in [3.63, 3.8) is 0 Å². The first-order valence-electron chi connectivity index (χ1n) is 9.97. The van der Waals surface area contributed by atoms with Crippen molar-refractivity contribution in [3.8, 4) is 0 Å². The van der Waals surface area contributed by atoms with Crippen LogP contribution in [0.2, 0.25) is 0 Å². The molecule has 154 valence electrons. The van der Waals surface area contributed by atoms with Gasteiger partial charge in [-0.2, -0.15) is 0 Å². The van der Waals surface area contributed by atoms with E-state index < -0.39 is 5.97 Å². The standard InChI is InChI=1S/C23H29N3O3/c1-24-14-12-18-7-10-21(16-19(18)13-15-24)26(3)23(29)25(2)20-8-4-17(5-9-20)6-11-22(27)28/h4-5,7-10,16H,6,11-15H2,1-3H3,(H,27,28). The Morgan fingerprint density at radius 1 is 0.931 bits per heavy atom. The molecule has 6 nitrogen and oxygen atoms in total. The van der Waals surface area contributed by atoms with E-state index >= 15 is 0 Å². The van der Waals surface area contributed by atoms with Crippen LogP contribution in [0.25, 0.3) is 0 Å². The molecule has 0 aromatic heterocycles. The normalized spacial score (nSPS) is 14.0. The minimum absolute atomic E-state index is 0.102. The number of rotatable bonds is 5. The highest BCUT2D eigenvalue weighted by molar-refractivity contribution is 6.02. The molecular formula is C23H29N3O3. The first kappa shape index (κ1) is 20.9. The van der Waals surface area contributed by atoms with Gasteiger partial charge in [-0.05, 0) is 67.3 Å². The van der Waals surface area contributed by atoms with Gasteiger partial charge in [0.05, 0.1) is 0 Å². The fourth-order valence-corrected chi connectivity index (χ4v) is 3.62. The number of carboxylic acids is 1. The Hall–Kier alpha value is -2.86. The van der Waals surface area contributed by atoms with E-state index in [1.54, 1.807) is 23.9 Å². The number of amides is 2. The van der Waals surface area contributed by atoms with E-state index in [9.17, 15) is 9.59 Å². The third kappa shape index (κ3) is 5.15. The molecule has 1 aliphatic rings. The molecule has 2 aromatic carbocycles. The molecule has 0 atom stereocenters. The molecule has 0 bridgehead atoms. The smallest absolute Gasteiger partial charge is 0.328 e. The van der Waals surface area contributed by atoms with Crippen molar-refractivity contribution in [2.45, 2.75) is 25.7 Å². The van der Waals surface area contributed by atoms with Crippen molar-refractivity contribution in [1.29, 1.82) is 0 Å². The molecule has 1 heterocycles. The second kappa shape index (κ2) is 9.09. The SMILES string of the molecule is CN1CCc2ccc(N(C)C(=O)N(C)c3ccc(CCC(=O)O)cc3)cc2CC1. The van der Waals surface area contributed by atoms with Gasteiger partial charge < -0.3 is 10.0 Å². The minimum Gasteiger partial charge on any atom is -0.481 e. The maximum Gasteiger partial charge on any atom is 0.328 e. The van der Waals surface area contributed by atoms with Crippen molar-refractivity contribution in [2.24, 2.45) is 0 Å². The highest BCUT2D eigenvalue weighted by Gasteiger charge is 2.19. The average molecular weight is 396 g/mol. The van der Waals surface area contributed by atoms with Crippen molar-refractivity contribution >= 4 is 23.4 Å². The van der Waals surface area contributed by atoms with E-state index in [2.05, 4.69) is 24.1 Å². The van der Waals surface area contributed by atoms with E-state index in [0.717, 1.165) is 42.9 Å². The Morgan fingerprint density at radius 2 is 1.52 bits per heavy atom. The zero-order valence-electron chi connectivity index (χ0n) is 17.4. The van der Waals surface area contributed by atoms with E-state index in [1.807, 2.05) is 30.3 Å². The van der Waals surface area contributed by atoms with Crippen LogP contribution in [0.5, 0.6) is 0 Å². The van der Waals surface area contributed by atoms with Gasteiger partial charge in [-0.25, -0.2) is 4.79 Å². The van der Waals surface area contributed by atoms with Gasteiger partial charge in [-0.1, -0.05) is 18.2 Å². The molecule has 0 unspecified atom stereocenters. The van der Waals surface area contributed by atoms with E-state index in [-0.39, 0.29) is 12.5 Å². The number of aryl methyl sites for hydroxylation is 1. The van der Waals surface area contributed by atoms with Crippen molar-refractivity contribution < 1.29 is 14.7 Å². The molecule has 1 N–H and O–H groups in total. The maximum absolute atomic E-state index is 13.0. The van der Waals surface area contributed by atoms with E-state index in [1.165, 1.54) is 11.1 Å². The number of fused-ring (bicyclic) bond motifs is 1. The molecule has 6 heteroatoms. The lowest BCUT2D eigenvalue weighted by Crippen LogP contribution is -2.39. The minimum atomic E-state index is -0.810. The second-order valence-electron chi connectivity index (χ2n) is 7.72. The predicted octanol–water partition coefficient (Wildman–Crippen LogP) is 3.43. The summed E-state index contributed by atoms with van der Waals surface area (Å²) in [6, 6.07) is 13.6. The lowest BCUT2D eigenvalue weighted by atomic mass is 10.0. The first-order valence-corrected chi connectivity index (χ1v) is 9.97. The van der Waals surface area contributed by atoms with Crippen LogP contribution in [0.1, 0.15) is 23.1 Å². The summed E-state index contributed by atoms with van der Waals surface area (Å²) in [5.41, 5.74) is 5.29. The van der Waals surface area contributed by atoms with Crippen LogP contribution in [0.15, 0.2) is 42.5 Å². The van der Waals surface area contributed by atoms with Gasteiger partial charge in [-0.3, -0.25) is 14.6 Å². The largest absolute Gasteiger partial charge is 0.481 e. The molecule has 2 amide bonds. The lowest BCUT2D eigenvalue weighted by molar-refractivity contribution is -0.136. The van der Waals surface area contributed by atoms with Crippen LogP contribution in [0.4, 0.5) is 16.2 Å². The van der Waals surface area contributed by atoms with Gasteiger partial charge in [0, 0.05) is 45.0 Å². The van der Waals surface area contributed by atoms with Crippen molar-refractivity contribution in [3.05, 3.63) is 59.2 Å². The number of hydrogen-bond acceptors (Lipinski definition) is 3. The number of hydrogen-bond donors (Lipinski definition) is 1. The number of carbonyl (C=O) groups excluding carboxylic acids is 1. The maximum atomic E-state index is 13.0. The molecule has 0 saturated carbocycles. The third-order valence-corrected chi connectivity index (χ3v) is 5.63. The molecule has 0 aliphatic carbocycles. The molecule has 0 spiro atoms. The van der Waals surface area contributed by atoms with E-state index in [4.69, 9.17) is 5.11 Å². The zero-order valence-corrected chi connectivity index (χ0v) is 17.4. The lowest BCUT2D eigenvalue weighted by Gasteiger charge is -2.26. The summed E-state index contributed by atoms with van der Waals surface area (Å²) >= 11 is 0. The molecule has 3 rings (SSSR count). The highest BCUT2D eigenvalue weighted by atomic mass is 16.4. The monoisotopic (exact) mass is 395 g/mol. The molecule has 0 fully saturated rings. The Balaban J connectivity index is 1.70. The highest BCUT2D eigenvalue weighted by Crippen LogP contribution is 2.24. The van der Waals surface area contributed by atoms with Crippen LogP contribution < -0.4 is 9.80 Å². The molecule has 1 aliphatic heterocycles. The summed E-state index contributed by atoms with van der Waals surface area (Å²) in [5.74, 6) is -0.810. The topological polar surface area (TPSA) is 64.1 Å². The number of urea groups is 1. The summed E-state index contributed by atoms with van der Waals surface area (Å²) in [5, 5.41) is 8.80. The van der Waals surface area contributed by atoms with Crippen LogP contribution in [-0.4, -0.2) is 56.2 Å². The first-order chi connectivity index (χ1) is 13.8. The van der Waals surface area contributed by atoms with Gasteiger partial charge in [0.1, 0.15) is 0 Å². The Kier molecular flexibility index (Phi) is 6.54.